The minimum Gasteiger partial charge on any atom is -0.489 e. The largest absolute Gasteiger partial charge is 0.489 e. The number of nitrogens with one attached hydrogen (secondary N) is 2. The Hall–Kier alpha value is -1.89. The van der Waals surface area contributed by atoms with Gasteiger partial charge in [-0.3, -0.25) is 0 Å². The van der Waals surface area contributed by atoms with Crippen LogP contribution in [-0.2, 0) is 29.7 Å². The van der Waals surface area contributed by atoms with E-state index in [0.717, 1.165) is 56.3 Å². The van der Waals surface area contributed by atoms with Gasteiger partial charge in [0, 0.05) is 12.1 Å². The van der Waals surface area contributed by atoms with E-state index in [1.807, 2.05) is 18.2 Å². The van der Waals surface area contributed by atoms with E-state index in [2.05, 4.69) is 39.8 Å². The number of hydrogen-bond donors (Lipinski definition) is 2. The Kier molecular flexibility index (Phi) is 5.56. The predicted octanol–water partition coefficient (Wildman–Crippen LogP) is 3.74. The van der Waals surface area contributed by atoms with Gasteiger partial charge in [0.1, 0.15) is 12.4 Å². The fourth-order valence-electron chi connectivity index (χ4n) is 5.17. The summed E-state index contributed by atoms with van der Waals surface area (Å²) in [5, 5.41) is 0. The van der Waals surface area contributed by atoms with Crippen molar-refractivity contribution < 1.29 is 13.2 Å². The molecule has 2 saturated carbocycles. The van der Waals surface area contributed by atoms with Crippen molar-refractivity contribution in [3.63, 3.8) is 0 Å². The summed E-state index contributed by atoms with van der Waals surface area (Å²) >= 11 is 0. The first-order valence-electron chi connectivity index (χ1n) is 11.1. The molecule has 0 amide bonds. The van der Waals surface area contributed by atoms with Crippen molar-refractivity contribution >= 4 is 10.2 Å². The van der Waals surface area contributed by atoms with Crippen LogP contribution >= 0.6 is 0 Å². The lowest BCUT2D eigenvalue weighted by atomic mass is 9.93. The van der Waals surface area contributed by atoms with Crippen molar-refractivity contribution in [3.05, 3.63) is 65.2 Å². The van der Waals surface area contributed by atoms with Crippen LogP contribution in [0.25, 0.3) is 0 Å². The first-order valence-corrected chi connectivity index (χ1v) is 12.6. The molecular formula is C24H30N2O3S. The number of rotatable bonds is 7. The average molecular weight is 427 g/mol. The van der Waals surface area contributed by atoms with Crippen molar-refractivity contribution in [1.82, 2.24) is 9.44 Å². The first-order chi connectivity index (χ1) is 14.6. The van der Waals surface area contributed by atoms with E-state index in [1.165, 1.54) is 11.1 Å². The zero-order valence-electron chi connectivity index (χ0n) is 17.2. The van der Waals surface area contributed by atoms with E-state index in [4.69, 9.17) is 4.74 Å². The molecule has 2 bridgehead atoms. The maximum Gasteiger partial charge on any atom is 0.277 e. The summed E-state index contributed by atoms with van der Waals surface area (Å²) < 4.78 is 37.2. The van der Waals surface area contributed by atoms with Crippen LogP contribution in [0, 0.1) is 11.8 Å². The van der Waals surface area contributed by atoms with Gasteiger partial charge in [0.2, 0.25) is 0 Å². The topological polar surface area (TPSA) is 67.4 Å². The number of hydrogen-bond acceptors (Lipinski definition) is 3. The van der Waals surface area contributed by atoms with Crippen molar-refractivity contribution in [2.45, 2.75) is 63.6 Å². The summed E-state index contributed by atoms with van der Waals surface area (Å²) in [6.07, 6.45) is 7.03. The third-order valence-corrected chi connectivity index (χ3v) is 8.26. The molecule has 3 atom stereocenters. The fraction of sp³-hybridized carbons (Fsp3) is 0.500. The van der Waals surface area contributed by atoms with Crippen LogP contribution in [0.4, 0.5) is 0 Å². The molecule has 3 aliphatic carbocycles. The smallest absolute Gasteiger partial charge is 0.277 e. The van der Waals surface area contributed by atoms with Gasteiger partial charge in [-0.2, -0.15) is 17.9 Å². The van der Waals surface area contributed by atoms with Crippen molar-refractivity contribution in [3.8, 4) is 5.75 Å². The fourth-order valence-corrected chi connectivity index (χ4v) is 6.65. The summed E-state index contributed by atoms with van der Waals surface area (Å²) in [7, 11) is -3.44. The molecule has 5 nitrogen and oxygen atoms in total. The second-order valence-corrected chi connectivity index (χ2v) is 10.6. The standard InChI is InChI=1S/C24H30N2O3S/c27-30(28,25-22-7-4-8-22)26-24-19-9-10-20(24)14-21-15-23(12-11-18(21)13-19)29-16-17-5-2-1-3-6-17/h1-3,5-6,11-12,15,19-20,22,24-26H,4,7-10,13-14,16H2. The Labute approximate surface area is 179 Å². The molecule has 2 fully saturated rings. The van der Waals surface area contributed by atoms with Gasteiger partial charge in [-0.25, -0.2) is 0 Å². The molecule has 6 heteroatoms. The zero-order valence-corrected chi connectivity index (χ0v) is 18.0. The van der Waals surface area contributed by atoms with Crippen molar-refractivity contribution in [2.75, 3.05) is 0 Å². The van der Waals surface area contributed by atoms with Gasteiger partial charge in [0.15, 0.2) is 0 Å². The van der Waals surface area contributed by atoms with Gasteiger partial charge in [-0.15, -0.1) is 0 Å². The number of benzene rings is 2. The molecule has 0 aliphatic heterocycles. The molecular weight excluding hydrogens is 396 g/mol. The predicted molar refractivity (Wildman–Crippen MR) is 117 cm³/mol. The molecule has 30 heavy (non-hydrogen) atoms. The highest BCUT2D eigenvalue weighted by atomic mass is 32.2. The van der Waals surface area contributed by atoms with Crippen molar-refractivity contribution in [1.29, 1.82) is 0 Å². The maximum absolute atomic E-state index is 12.6. The summed E-state index contributed by atoms with van der Waals surface area (Å²) in [5.41, 5.74) is 3.80. The van der Waals surface area contributed by atoms with E-state index >= 15 is 0 Å². The quantitative estimate of drug-likeness (QED) is 0.709. The van der Waals surface area contributed by atoms with Gasteiger partial charge in [-0.05, 0) is 79.2 Å². The van der Waals surface area contributed by atoms with Crippen LogP contribution in [0.2, 0.25) is 0 Å². The number of fused-ring (bicyclic) bond motifs is 3. The highest BCUT2D eigenvalue weighted by Crippen LogP contribution is 2.41. The van der Waals surface area contributed by atoms with E-state index in [1.54, 1.807) is 0 Å². The maximum atomic E-state index is 12.6. The molecule has 0 heterocycles. The Morgan fingerprint density at radius 1 is 0.867 bits per heavy atom. The van der Waals surface area contributed by atoms with E-state index in [-0.39, 0.29) is 12.1 Å². The summed E-state index contributed by atoms with van der Waals surface area (Å²) in [6, 6.07) is 16.7. The lowest BCUT2D eigenvalue weighted by Crippen LogP contribution is -2.51. The van der Waals surface area contributed by atoms with E-state index < -0.39 is 10.2 Å². The van der Waals surface area contributed by atoms with Gasteiger partial charge >= 0.3 is 0 Å². The Morgan fingerprint density at radius 2 is 1.60 bits per heavy atom. The van der Waals surface area contributed by atoms with Crippen molar-refractivity contribution in [2.24, 2.45) is 11.8 Å². The van der Waals surface area contributed by atoms with Crippen LogP contribution in [0.5, 0.6) is 5.75 Å². The Morgan fingerprint density at radius 3 is 2.30 bits per heavy atom. The van der Waals surface area contributed by atoms with Crippen LogP contribution in [0.1, 0.15) is 48.8 Å². The molecule has 2 aromatic carbocycles. The lowest BCUT2D eigenvalue weighted by molar-refractivity contribution is 0.305. The third kappa shape index (κ3) is 4.41. The lowest BCUT2D eigenvalue weighted by Gasteiger charge is -2.29. The van der Waals surface area contributed by atoms with Crippen LogP contribution < -0.4 is 14.2 Å². The highest BCUT2D eigenvalue weighted by molar-refractivity contribution is 7.87. The molecule has 0 aromatic heterocycles. The molecule has 5 rings (SSSR count). The summed E-state index contributed by atoms with van der Waals surface area (Å²) in [4.78, 5) is 0. The van der Waals surface area contributed by atoms with E-state index in [0.29, 0.717) is 18.4 Å². The minimum atomic E-state index is -3.44. The van der Waals surface area contributed by atoms with E-state index in [9.17, 15) is 8.42 Å². The normalized spacial score (nSPS) is 25.9. The molecule has 2 aromatic rings. The first kappa shape index (κ1) is 20.0. The van der Waals surface area contributed by atoms with Crippen LogP contribution in [0.3, 0.4) is 0 Å². The van der Waals surface area contributed by atoms with Crippen LogP contribution in [0.15, 0.2) is 48.5 Å². The molecule has 3 unspecified atom stereocenters. The molecule has 2 N–H and O–H groups in total. The average Bonchev–Trinajstić information content (AvgIpc) is 2.97. The third-order valence-electron chi connectivity index (χ3n) is 7.03. The van der Waals surface area contributed by atoms with Gasteiger partial charge < -0.3 is 4.74 Å². The minimum absolute atomic E-state index is 0.0173. The molecule has 0 radical (unpaired) electrons. The number of ether oxygens (including phenoxy) is 1. The molecule has 0 saturated heterocycles. The Bertz CT molecular complexity index is 989. The van der Waals surface area contributed by atoms with Gasteiger partial charge in [-0.1, -0.05) is 42.8 Å². The van der Waals surface area contributed by atoms with Crippen LogP contribution in [-0.4, -0.2) is 20.5 Å². The monoisotopic (exact) mass is 426 g/mol. The van der Waals surface area contributed by atoms with Gasteiger partial charge in [0.05, 0.1) is 0 Å². The van der Waals surface area contributed by atoms with Gasteiger partial charge in [0.25, 0.3) is 10.2 Å². The zero-order chi connectivity index (χ0) is 20.6. The molecule has 3 aliphatic rings. The summed E-state index contributed by atoms with van der Waals surface area (Å²) in [6.45, 7) is 0.556. The Balaban J connectivity index is 1.27. The second-order valence-electron chi connectivity index (χ2n) is 9.10. The summed E-state index contributed by atoms with van der Waals surface area (Å²) in [5.74, 6) is 1.60. The highest BCUT2D eigenvalue weighted by Gasteiger charge is 2.41. The molecule has 160 valence electrons. The molecule has 0 spiro atoms. The SMILES string of the molecule is O=S(=O)(NC1CCC1)NC1C2CCC1Cc1cc(OCc3ccccc3)ccc1C2. The second kappa shape index (κ2) is 8.33.